The van der Waals surface area contributed by atoms with Gasteiger partial charge in [-0.2, -0.15) is 0 Å². The summed E-state index contributed by atoms with van der Waals surface area (Å²) in [4.78, 5) is 0. The van der Waals surface area contributed by atoms with Crippen molar-refractivity contribution in [1.29, 1.82) is 0 Å². The molecule has 2 aliphatic carbocycles. The van der Waals surface area contributed by atoms with Crippen LogP contribution in [0.4, 0.5) is 0 Å². The van der Waals surface area contributed by atoms with Gasteiger partial charge in [0, 0.05) is 0 Å². The van der Waals surface area contributed by atoms with Gasteiger partial charge in [-0.3, -0.25) is 0 Å². The zero-order chi connectivity index (χ0) is 9.20. The van der Waals surface area contributed by atoms with Crippen molar-refractivity contribution in [3.63, 3.8) is 0 Å². The van der Waals surface area contributed by atoms with Gasteiger partial charge >= 0.3 is 0 Å². The molecule has 2 heteroatoms. The third kappa shape index (κ3) is 0.784. The van der Waals surface area contributed by atoms with Crippen LogP contribution in [0.3, 0.4) is 0 Å². The fraction of sp³-hybridized carbons (Fsp3) is 1.00. The monoisotopic (exact) mass is 232 g/mol. The zero-order valence-corrected chi connectivity index (χ0v) is 9.61. The Labute approximate surface area is 82.7 Å². The molecule has 2 fully saturated rings. The van der Waals surface area contributed by atoms with E-state index in [1.807, 2.05) is 0 Å². The van der Waals surface area contributed by atoms with Crippen molar-refractivity contribution in [3.05, 3.63) is 0 Å². The van der Waals surface area contributed by atoms with Gasteiger partial charge in [-0.1, -0.05) is 36.7 Å². The van der Waals surface area contributed by atoms with Crippen molar-refractivity contribution >= 4 is 15.9 Å². The minimum atomic E-state index is -0.177. The van der Waals surface area contributed by atoms with Crippen LogP contribution in [-0.2, 0) is 0 Å². The fourth-order valence-electron chi connectivity index (χ4n) is 3.07. The number of fused-ring (bicyclic) bond motifs is 2. The normalized spacial score (nSPS) is 56.2. The van der Waals surface area contributed by atoms with Crippen LogP contribution in [0.2, 0.25) is 0 Å². The van der Waals surface area contributed by atoms with Crippen LogP contribution in [0.25, 0.3) is 0 Å². The van der Waals surface area contributed by atoms with Gasteiger partial charge in [0.15, 0.2) is 0 Å². The summed E-state index contributed by atoms with van der Waals surface area (Å²) in [7, 11) is 0. The van der Waals surface area contributed by atoms with E-state index >= 15 is 0 Å². The van der Waals surface area contributed by atoms with Crippen molar-refractivity contribution in [2.24, 2.45) is 10.8 Å². The molecular formula is C10H17BrO. The first-order chi connectivity index (χ1) is 5.32. The minimum absolute atomic E-state index is 0.0330. The van der Waals surface area contributed by atoms with Crippen molar-refractivity contribution in [1.82, 2.24) is 0 Å². The third-order valence-electron chi connectivity index (χ3n) is 4.51. The number of hydrogen-bond acceptors (Lipinski definition) is 1. The first-order valence-corrected chi connectivity index (χ1v) is 5.48. The molecule has 0 aliphatic heterocycles. The highest BCUT2D eigenvalue weighted by molar-refractivity contribution is 9.10. The highest BCUT2D eigenvalue weighted by atomic mass is 79.9. The molecule has 0 heterocycles. The van der Waals surface area contributed by atoms with Crippen molar-refractivity contribution in [2.75, 3.05) is 0 Å². The summed E-state index contributed by atoms with van der Waals surface area (Å²) in [6, 6.07) is 0. The molecule has 3 atom stereocenters. The third-order valence-corrected chi connectivity index (χ3v) is 5.62. The Morgan fingerprint density at radius 1 is 1.25 bits per heavy atom. The molecule has 0 saturated heterocycles. The average Bonchev–Trinajstić information content (AvgIpc) is 2.32. The maximum atomic E-state index is 10.1. The summed E-state index contributed by atoms with van der Waals surface area (Å²) in [5, 5.41) is 10.1. The van der Waals surface area contributed by atoms with Crippen molar-refractivity contribution in [2.45, 2.75) is 50.5 Å². The molecular weight excluding hydrogens is 216 g/mol. The first kappa shape index (κ1) is 9.01. The summed E-state index contributed by atoms with van der Waals surface area (Å²) in [6.07, 6.45) is 3.34. The summed E-state index contributed by atoms with van der Waals surface area (Å²) in [5.74, 6) is 0. The molecule has 0 unspecified atom stereocenters. The summed E-state index contributed by atoms with van der Waals surface area (Å²) >= 11 is 3.71. The Kier molecular flexibility index (Phi) is 1.57. The average molecular weight is 233 g/mol. The zero-order valence-electron chi connectivity index (χ0n) is 8.02. The quantitative estimate of drug-likeness (QED) is 0.638. The second-order valence-corrected chi connectivity index (χ2v) is 6.98. The first-order valence-electron chi connectivity index (χ1n) is 4.69. The van der Waals surface area contributed by atoms with E-state index in [2.05, 4.69) is 36.7 Å². The predicted molar refractivity (Wildman–Crippen MR) is 53.4 cm³/mol. The number of halogens is 1. The van der Waals surface area contributed by atoms with Gasteiger partial charge in [0.1, 0.15) is 0 Å². The van der Waals surface area contributed by atoms with Gasteiger partial charge in [-0.05, 0) is 30.1 Å². The highest BCUT2D eigenvalue weighted by Gasteiger charge is 2.66. The topological polar surface area (TPSA) is 20.2 Å². The Balaban J connectivity index is 2.44. The van der Waals surface area contributed by atoms with Gasteiger partial charge in [-0.15, -0.1) is 0 Å². The van der Waals surface area contributed by atoms with Gasteiger partial charge in [-0.25, -0.2) is 0 Å². The van der Waals surface area contributed by atoms with E-state index in [4.69, 9.17) is 0 Å². The molecule has 0 spiro atoms. The van der Waals surface area contributed by atoms with E-state index in [-0.39, 0.29) is 15.8 Å². The lowest BCUT2D eigenvalue weighted by Gasteiger charge is -2.43. The van der Waals surface area contributed by atoms with E-state index in [0.29, 0.717) is 5.41 Å². The molecule has 0 aromatic carbocycles. The summed E-state index contributed by atoms with van der Waals surface area (Å²) < 4.78 is 0.0330. The second-order valence-electron chi connectivity index (χ2n) is 5.40. The van der Waals surface area contributed by atoms with Crippen LogP contribution in [0.15, 0.2) is 0 Å². The number of rotatable bonds is 0. The lowest BCUT2D eigenvalue weighted by molar-refractivity contribution is -0.0218. The van der Waals surface area contributed by atoms with Crippen LogP contribution < -0.4 is 0 Å². The van der Waals surface area contributed by atoms with Gasteiger partial charge < -0.3 is 5.11 Å². The molecule has 2 aliphatic rings. The molecule has 70 valence electrons. The summed E-state index contributed by atoms with van der Waals surface area (Å²) in [6.45, 7) is 6.70. The lowest BCUT2D eigenvalue weighted by Crippen LogP contribution is -2.45. The molecule has 1 N–H and O–H groups in total. The van der Waals surface area contributed by atoms with Gasteiger partial charge in [0.2, 0.25) is 0 Å². The fourth-order valence-corrected chi connectivity index (χ4v) is 4.46. The standard InChI is InChI=1S/C10H17BrO/c1-8(2)7(12)10(11)5-4-9(8,3)6-10/h7,12H,4-6H2,1-3H3/t7-,9+,10-/m1/s1. The molecule has 12 heavy (non-hydrogen) atoms. The summed E-state index contributed by atoms with van der Waals surface area (Å²) in [5.41, 5.74) is 0.421. The molecule has 0 aromatic heterocycles. The second kappa shape index (κ2) is 2.09. The van der Waals surface area contributed by atoms with E-state index in [9.17, 15) is 5.11 Å². The number of alkyl halides is 1. The molecule has 2 saturated carbocycles. The Bertz CT molecular complexity index is 223. The number of hydrogen-bond donors (Lipinski definition) is 1. The highest BCUT2D eigenvalue weighted by Crippen LogP contribution is 2.68. The molecule has 0 amide bonds. The maximum Gasteiger partial charge on any atom is 0.0749 e. The molecule has 2 rings (SSSR count). The maximum absolute atomic E-state index is 10.1. The Morgan fingerprint density at radius 3 is 2.08 bits per heavy atom. The Morgan fingerprint density at radius 2 is 1.83 bits per heavy atom. The van der Waals surface area contributed by atoms with E-state index in [1.54, 1.807) is 0 Å². The predicted octanol–water partition coefficient (Wildman–Crippen LogP) is 2.71. The van der Waals surface area contributed by atoms with E-state index in [1.165, 1.54) is 6.42 Å². The molecule has 2 bridgehead atoms. The molecule has 0 aromatic rings. The van der Waals surface area contributed by atoms with E-state index in [0.717, 1.165) is 12.8 Å². The minimum Gasteiger partial charge on any atom is -0.391 e. The van der Waals surface area contributed by atoms with Crippen molar-refractivity contribution in [3.8, 4) is 0 Å². The molecule has 0 radical (unpaired) electrons. The lowest BCUT2D eigenvalue weighted by atomic mass is 9.65. The van der Waals surface area contributed by atoms with E-state index < -0.39 is 0 Å². The van der Waals surface area contributed by atoms with Crippen LogP contribution in [0, 0.1) is 10.8 Å². The SMILES string of the molecule is CC1(C)[C@@H](O)[C@@]2(Br)CC[C@@]1(C)C2. The largest absolute Gasteiger partial charge is 0.391 e. The van der Waals surface area contributed by atoms with Gasteiger partial charge in [0.05, 0.1) is 10.4 Å². The number of aliphatic hydroxyl groups is 1. The molecule has 1 nitrogen and oxygen atoms in total. The van der Waals surface area contributed by atoms with Crippen molar-refractivity contribution < 1.29 is 5.11 Å². The van der Waals surface area contributed by atoms with Crippen LogP contribution in [0.5, 0.6) is 0 Å². The smallest absolute Gasteiger partial charge is 0.0749 e. The Hall–Kier alpha value is 0.440. The van der Waals surface area contributed by atoms with Crippen LogP contribution in [0.1, 0.15) is 40.0 Å². The number of aliphatic hydroxyl groups excluding tert-OH is 1. The van der Waals surface area contributed by atoms with Gasteiger partial charge in [0.25, 0.3) is 0 Å². The van der Waals surface area contributed by atoms with Crippen LogP contribution in [-0.4, -0.2) is 15.5 Å². The van der Waals surface area contributed by atoms with Crippen LogP contribution >= 0.6 is 15.9 Å².